The number of amides is 1. The zero-order valence-electron chi connectivity index (χ0n) is 15.5. The van der Waals surface area contributed by atoms with Crippen LogP contribution in [0.3, 0.4) is 0 Å². The maximum absolute atomic E-state index is 13.4. The summed E-state index contributed by atoms with van der Waals surface area (Å²) < 4.78 is 41.7. The van der Waals surface area contributed by atoms with Gasteiger partial charge in [0.15, 0.2) is 0 Å². The molecule has 0 spiro atoms. The Kier molecular flexibility index (Phi) is 5.16. The molecule has 0 saturated carbocycles. The van der Waals surface area contributed by atoms with Gasteiger partial charge >= 0.3 is 0 Å². The number of aromatic nitrogens is 2. The summed E-state index contributed by atoms with van der Waals surface area (Å²) in [4.78, 5) is 14.3. The number of hydrogen-bond donors (Lipinski definition) is 0. The van der Waals surface area contributed by atoms with Gasteiger partial charge in [0.25, 0.3) is 5.91 Å². The van der Waals surface area contributed by atoms with E-state index in [1.165, 1.54) is 22.5 Å². The summed E-state index contributed by atoms with van der Waals surface area (Å²) >= 11 is 0. The van der Waals surface area contributed by atoms with Gasteiger partial charge in [-0.15, -0.1) is 0 Å². The van der Waals surface area contributed by atoms with Crippen LogP contribution in [0.4, 0.5) is 4.39 Å². The SMILES string of the molecule is O=C(c1ccc(-n2cccn2)cc1)N1CCN(S(=O)(=O)c2cccc(F)c2)CC1. The fourth-order valence-corrected chi connectivity index (χ4v) is 4.72. The first kappa shape index (κ1) is 19.3. The molecule has 1 saturated heterocycles. The quantitative estimate of drug-likeness (QED) is 0.656. The highest BCUT2D eigenvalue weighted by molar-refractivity contribution is 7.89. The zero-order chi connectivity index (χ0) is 20.4. The smallest absolute Gasteiger partial charge is 0.253 e. The Bertz CT molecular complexity index is 1110. The zero-order valence-corrected chi connectivity index (χ0v) is 16.3. The lowest BCUT2D eigenvalue weighted by Crippen LogP contribution is -2.50. The Hall–Kier alpha value is -3.04. The average Bonchev–Trinajstić information content (AvgIpc) is 3.28. The normalized spacial score (nSPS) is 15.4. The van der Waals surface area contributed by atoms with Gasteiger partial charge in [0.1, 0.15) is 5.82 Å². The molecule has 3 aromatic rings. The Morgan fingerprint density at radius 3 is 2.31 bits per heavy atom. The molecule has 1 aliphatic heterocycles. The van der Waals surface area contributed by atoms with Gasteiger partial charge in [0.2, 0.25) is 10.0 Å². The summed E-state index contributed by atoms with van der Waals surface area (Å²) in [5.74, 6) is -0.752. The summed E-state index contributed by atoms with van der Waals surface area (Å²) in [7, 11) is -3.78. The number of nitrogens with zero attached hydrogens (tertiary/aromatic N) is 4. The van der Waals surface area contributed by atoms with Crippen LogP contribution in [0.15, 0.2) is 71.9 Å². The van der Waals surface area contributed by atoms with E-state index < -0.39 is 15.8 Å². The molecular weight excluding hydrogens is 395 g/mol. The van der Waals surface area contributed by atoms with E-state index in [-0.39, 0.29) is 37.0 Å². The van der Waals surface area contributed by atoms with Crippen LogP contribution < -0.4 is 0 Å². The summed E-state index contributed by atoms with van der Waals surface area (Å²) in [5, 5.41) is 4.15. The summed E-state index contributed by atoms with van der Waals surface area (Å²) in [6.45, 7) is 0.870. The van der Waals surface area contributed by atoms with Crippen molar-refractivity contribution >= 4 is 15.9 Å². The van der Waals surface area contributed by atoms with Gasteiger partial charge in [-0.05, 0) is 48.5 Å². The number of halogens is 1. The molecule has 0 atom stereocenters. The molecule has 0 unspecified atom stereocenters. The third-order valence-corrected chi connectivity index (χ3v) is 6.74. The Labute approximate surface area is 168 Å². The van der Waals surface area contributed by atoms with Gasteiger partial charge in [-0.2, -0.15) is 9.40 Å². The van der Waals surface area contributed by atoms with Gasteiger partial charge in [-0.25, -0.2) is 17.5 Å². The van der Waals surface area contributed by atoms with Gasteiger partial charge < -0.3 is 4.90 Å². The van der Waals surface area contributed by atoms with Crippen molar-refractivity contribution in [1.29, 1.82) is 0 Å². The minimum atomic E-state index is -3.78. The van der Waals surface area contributed by atoms with Gasteiger partial charge in [0, 0.05) is 44.1 Å². The Morgan fingerprint density at radius 1 is 0.966 bits per heavy atom. The average molecular weight is 414 g/mol. The first-order chi connectivity index (χ1) is 13.9. The third kappa shape index (κ3) is 3.92. The molecule has 1 amide bonds. The molecule has 7 nitrogen and oxygen atoms in total. The van der Waals surface area contributed by atoms with Crippen molar-refractivity contribution in [2.45, 2.75) is 4.90 Å². The van der Waals surface area contributed by atoms with Crippen LogP contribution >= 0.6 is 0 Å². The molecule has 4 rings (SSSR count). The van der Waals surface area contributed by atoms with Crippen LogP contribution in [-0.4, -0.2) is 59.5 Å². The van der Waals surface area contributed by atoms with E-state index in [0.717, 1.165) is 11.8 Å². The summed E-state index contributed by atoms with van der Waals surface area (Å²) in [6, 6.07) is 13.9. The van der Waals surface area contributed by atoms with E-state index in [2.05, 4.69) is 5.10 Å². The highest BCUT2D eigenvalue weighted by Crippen LogP contribution is 2.19. The van der Waals surface area contributed by atoms with Gasteiger partial charge in [-0.1, -0.05) is 6.07 Å². The minimum Gasteiger partial charge on any atom is -0.336 e. The van der Waals surface area contributed by atoms with E-state index in [1.54, 1.807) is 27.9 Å². The third-order valence-electron chi connectivity index (χ3n) is 4.84. The van der Waals surface area contributed by atoms with Crippen molar-refractivity contribution in [2.24, 2.45) is 0 Å². The number of hydrogen-bond acceptors (Lipinski definition) is 4. The van der Waals surface area contributed by atoms with Crippen LogP contribution in [0.2, 0.25) is 0 Å². The molecule has 0 aliphatic carbocycles. The van der Waals surface area contributed by atoms with E-state index >= 15 is 0 Å². The van der Waals surface area contributed by atoms with Crippen LogP contribution in [0.1, 0.15) is 10.4 Å². The van der Waals surface area contributed by atoms with Crippen LogP contribution in [-0.2, 0) is 10.0 Å². The lowest BCUT2D eigenvalue weighted by molar-refractivity contribution is 0.0698. The predicted octanol–water partition coefficient (Wildman–Crippen LogP) is 2.16. The van der Waals surface area contributed by atoms with E-state index in [4.69, 9.17) is 0 Å². The molecular formula is C20H19FN4O3S. The van der Waals surface area contributed by atoms with Crippen molar-refractivity contribution in [3.8, 4) is 5.69 Å². The van der Waals surface area contributed by atoms with E-state index in [9.17, 15) is 17.6 Å². The monoisotopic (exact) mass is 414 g/mol. The number of carbonyl (C=O) groups is 1. The molecule has 1 fully saturated rings. The van der Waals surface area contributed by atoms with Crippen molar-refractivity contribution < 1.29 is 17.6 Å². The van der Waals surface area contributed by atoms with Crippen LogP contribution in [0.25, 0.3) is 5.69 Å². The molecule has 1 aliphatic rings. The molecule has 0 radical (unpaired) electrons. The standard InChI is InChI=1S/C20H19FN4O3S/c21-17-3-1-4-19(15-17)29(27,28)24-13-11-23(12-14-24)20(26)16-5-7-18(8-6-16)25-10-2-9-22-25/h1-10,15H,11-14H2. The Balaban J connectivity index is 1.42. The Morgan fingerprint density at radius 2 is 1.69 bits per heavy atom. The lowest BCUT2D eigenvalue weighted by atomic mass is 10.1. The summed E-state index contributed by atoms with van der Waals surface area (Å²) in [5.41, 5.74) is 1.37. The largest absolute Gasteiger partial charge is 0.336 e. The second-order valence-corrected chi connectivity index (χ2v) is 8.59. The summed E-state index contributed by atoms with van der Waals surface area (Å²) in [6.07, 6.45) is 3.49. The molecule has 2 aromatic carbocycles. The molecule has 29 heavy (non-hydrogen) atoms. The molecule has 150 valence electrons. The second kappa shape index (κ2) is 7.76. The number of sulfonamides is 1. The molecule has 0 N–H and O–H groups in total. The molecule has 2 heterocycles. The highest BCUT2D eigenvalue weighted by atomic mass is 32.2. The topological polar surface area (TPSA) is 75.5 Å². The van der Waals surface area contributed by atoms with Crippen LogP contribution in [0.5, 0.6) is 0 Å². The van der Waals surface area contributed by atoms with Gasteiger partial charge in [-0.3, -0.25) is 4.79 Å². The first-order valence-electron chi connectivity index (χ1n) is 9.10. The minimum absolute atomic E-state index is 0.0773. The van der Waals surface area contributed by atoms with E-state index in [1.807, 2.05) is 24.4 Å². The maximum Gasteiger partial charge on any atom is 0.253 e. The molecule has 0 bridgehead atoms. The fraction of sp³-hybridized carbons (Fsp3) is 0.200. The number of carbonyl (C=O) groups excluding carboxylic acids is 1. The van der Waals surface area contributed by atoms with Crippen molar-refractivity contribution in [2.75, 3.05) is 26.2 Å². The fourth-order valence-electron chi connectivity index (χ4n) is 3.27. The van der Waals surface area contributed by atoms with Crippen molar-refractivity contribution in [3.63, 3.8) is 0 Å². The van der Waals surface area contributed by atoms with Crippen molar-refractivity contribution in [3.05, 3.63) is 78.4 Å². The van der Waals surface area contributed by atoms with Gasteiger partial charge in [0.05, 0.1) is 10.6 Å². The lowest BCUT2D eigenvalue weighted by Gasteiger charge is -2.34. The second-order valence-electron chi connectivity index (χ2n) is 6.65. The number of piperazine rings is 1. The van der Waals surface area contributed by atoms with E-state index in [0.29, 0.717) is 5.56 Å². The number of rotatable bonds is 4. The van der Waals surface area contributed by atoms with Crippen molar-refractivity contribution in [1.82, 2.24) is 19.0 Å². The molecule has 9 heteroatoms. The number of benzene rings is 2. The molecule has 1 aromatic heterocycles. The van der Waals surface area contributed by atoms with Crippen LogP contribution in [0, 0.1) is 5.82 Å². The first-order valence-corrected chi connectivity index (χ1v) is 10.5. The maximum atomic E-state index is 13.4. The highest BCUT2D eigenvalue weighted by Gasteiger charge is 2.30. The predicted molar refractivity (Wildman–Crippen MR) is 105 cm³/mol.